The fourth-order valence-electron chi connectivity index (χ4n) is 6.84. The first-order chi connectivity index (χ1) is 29.5. The van der Waals surface area contributed by atoms with Crippen molar-refractivity contribution in [1.82, 2.24) is 42.1 Å². The zero-order chi connectivity index (χ0) is 47.8. The summed E-state index contributed by atoms with van der Waals surface area (Å²) in [5, 5.41) is 49.2. The number of carbonyl (C=O) groups is 9. The number of aliphatic hydroxyl groups excluding tert-OH is 3. The number of aldehydes is 1. The van der Waals surface area contributed by atoms with E-state index in [2.05, 4.69) is 50.4 Å². The minimum absolute atomic E-state index is 0.186. The summed E-state index contributed by atoms with van der Waals surface area (Å²) in [6.45, 7) is 9.24. The number of rotatable bonds is 19. The van der Waals surface area contributed by atoms with Crippen molar-refractivity contribution in [1.29, 1.82) is 0 Å². The molecule has 63 heavy (non-hydrogen) atoms. The maximum atomic E-state index is 15.1. The number of primary amides is 2. The van der Waals surface area contributed by atoms with Gasteiger partial charge in [0.1, 0.15) is 30.4 Å². The van der Waals surface area contributed by atoms with Crippen LogP contribution in [0.3, 0.4) is 0 Å². The van der Waals surface area contributed by atoms with Crippen LogP contribution in [0, 0.1) is 11.8 Å². The number of likely N-dealkylation sites (tertiary alicyclic amines) is 1. The number of nitrogens with two attached hydrogens (primary N) is 3. The molecule has 354 valence electrons. The summed E-state index contributed by atoms with van der Waals surface area (Å²) in [4.78, 5) is 122. The molecular formula is C38H63N11O13S. The Hall–Kier alpha value is -5.02. The van der Waals surface area contributed by atoms with Gasteiger partial charge < -0.3 is 69.2 Å². The van der Waals surface area contributed by atoms with Crippen LogP contribution < -0.4 is 54.4 Å². The number of ether oxygens (including phenoxy) is 1. The average molecular weight is 914 g/mol. The lowest BCUT2D eigenvalue weighted by molar-refractivity contribution is -0.196. The molecular weight excluding hydrogens is 851 g/mol. The highest BCUT2D eigenvalue weighted by molar-refractivity contribution is 8.03. The van der Waals surface area contributed by atoms with Crippen molar-refractivity contribution in [3.63, 3.8) is 0 Å². The average Bonchev–Trinajstić information content (AvgIpc) is 3.58. The second kappa shape index (κ2) is 24.7. The van der Waals surface area contributed by atoms with Crippen LogP contribution >= 0.6 is 11.8 Å². The lowest BCUT2D eigenvalue weighted by Crippen LogP contribution is -2.75. The Morgan fingerprint density at radius 3 is 2.19 bits per heavy atom. The van der Waals surface area contributed by atoms with Gasteiger partial charge in [-0.05, 0) is 12.3 Å². The summed E-state index contributed by atoms with van der Waals surface area (Å²) in [5.74, 6) is -10.2. The molecule has 0 aromatic rings. The number of aliphatic hydroxyl groups is 3. The van der Waals surface area contributed by atoms with Gasteiger partial charge >= 0.3 is 0 Å². The van der Waals surface area contributed by atoms with Gasteiger partial charge in [0, 0.05) is 36.9 Å². The summed E-state index contributed by atoms with van der Waals surface area (Å²) < 4.78 is 6.00. The Balaban J connectivity index is 2.86. The molecule has 0 aromatic carbocycles. The fourth-order valence-corrected chi connectivity index (χ4v) is 7.66. The molecule has 2 aliphatic rings. The number of amides is 7. The molecule has 0 aliphatic carbocycles. The SMILES string of the molecule is C=C(CC)NC(=C)SCC1NC(=O)CNC(=O)[C@H]([C@@H](C)CC)NC(=O)CNC(=O)COC(CN)(N2C[C@H](O)C[C@@]2(C=O)N[C@H](C(N)=O)[C@@H](C)[C@@H](O)CO)C(=O)C(CC(N)=O)NC1=O. The summed E-state index contributed by atoms with van der Waals surface area (Å²) in [7, 11) is 0. The van der Waals surface area contributed by atoms with Crippen LogP contribution in [0.5, 0.6) is 0 Å². The first-order valence-corrected chi connectivity index (χ1v) is 21.2. The first-order valence-electron chi connectivity index (χ1n) is 20.2. The molecule has 7 amide bonds. The number of thioether (sulfide) groups is 1. The predicted octanol–water partition coefficient (Wildman–Crippen LogP) is -6.04. The van der Waals surface area contributed by atoms with E-state index in [4.69, 9.17) is 21.9 Å². The second-order valence-electron chi connectivity index (χ2n) is 15.4. The summed E-state index contributed by atoms with van der Waals surface area (Å²) >= 11 is 0.960. The molecule has 0 radical (unpaired) electrons. The lowest BCUT2D eigenvalue weighted by Gasteiger charge is -2.48. The molecule has 24 nitrogen and oxygen atoms in total. The van der Waals surface area contributed by atoms with Crippen molar-refractivity contribution in [2.24, 2.45) is 29.0 Å². The molecule has 2 rings (SSSR count). The Morgan fingerprint density at radius 2 is 1.63 bits per heavy atom. The quantitative estimate of drug-likeness (QED) is 0.0536. The highest BCUT2D eigenvalue weighted by atomic mass is 32.2. The Morgan fingerprint density at radius 1 is 1.00 bits per heavy atom. The molecule has 0 saturated carbocycles. The smallest absolute Gasteiger partial charge is 0.246 e. The molecule has 16 N–H and O–H groups in total. The standard InChI is InChI=1S/C38H63N11O13S/c1-7-19(3)31-36(61)43-12-28(55)45-25(16-63-22(6)44-20(4)8-2)35(60)46-24(9-27(40)54)33(58)38(17-39,62-15-30(57)42-11-29(56)47-31)49-13-23(52)10-37(49,18-51)48-32(34(41)59)21(5)26(53)14-50/h18-19,21,23-26,31-32,44,48,50,52-53H,4,6-17,39H2,1-3,5H3,(H2,40,54)(H2,41,59)(H,42,57)(H,43,61)(H,45,55)(H,46,60)(H,47,56)/t19-,21-,23+,24?,25?,26-,31-,32-,37+,38?/m0/s1. The molecule has 0 spiro atoms. The van der Waals surface area contributed by atoms with Crippen LogP contribution in [0.4, 0.5) is 0 Å². The van der Waals surface area contributed by atoms with Gasteiger partial charge in [0.15, 0.2) is 12.0 Å². The first kappa shape index (κ1) is 54.1. The van der Waals surface area contributed by atoms with E-state index in [0.717, 1.165) is 16.7 Å². The van der Waals surface area contributed by atoms with E-state index in [1.807, 2.05) is 6.92 Å². The molecule has 0 aromatic heterocycles. The van der Waals surface area contributed by atoms with Crippen LogP contribution in [0.2, 0.25) is 0 Å². The molecule has 25 heteroatoms. The van der Waals surface area contributed by atoms with E-state index in [0.29, 0.717) is 23.6 Å². The third-order valence-electron chi connectivity index (χ3n) is 10.7. The minimum Gasteiger partial charge on any atom is -0.394 e. The molecule has 2 aliphatic heterocycles. The van der Waals surface area contributed by atoms with E-state index in [9.17, 15) is 53.7 Å². The zero-order valence-corrected chi connectivity index (χ0v) is 36.7. The van der Waals surface area contributed by atoms with Gasteiger partial charge in [-0.25, -0.2) is 4.90 Å². The highest BCUT2D eigenvalue weighted by Crippen LogP contribution is 2.36. The number of β-amino-alcohol motifs (C(OH)–C–C–N with tert-alkyl or cyclic N) is 1. The van der Waals surface area contributed by atoms with E-state index in [-0.39, 0.29) is 12.0 Å². The maximum Gasteiger partial charge on any atom is 0.246 e. The monoisotopic (exact) mass is 913 g/mol. The third kappa shape index (κ3) is 14.8. The molecule has 2 saturated heterocycles. The van der Waals surface area contributed by atoms with Crippen molar-refractivity contribution in [2.75, 3.05) is 45.1 Å². The van der Waals surface area contributed by atoms with Crippen molar-refractivity contribution in [2.45, 2.75) is 101 Å². The number of nitrogens with zero attached hydrogens (tertiary/aromatic N) is 1. The van der Waals surface area contributed by atoms with Crippen molar-refractivity contribution in [3.05, 3.63) is 23.9 Å². The van der Waals surface area contributed by atoms with Gasteiger partial charge in [-0.3, -0.25) is 48.5 Å². The van der Waals surface area contributed by atoms with E-state index < -0.39 is 159 Å². The van der Waals surface area contributed by atoms with E-state index in [1.54, 1.807) is 13.8 Å². The predicted molar refractivity (Wildman–Crippen MR) is 226 cm³/mol. The lowest BCUT2D eigenvalue weighted by atomic mass is 9.91. The largest absolute Gasteiger partial charge is 0.394 e. The van der Waals surface area contributed by atoms with Gasteiger partial charge in [0.05, 0.1) is 49.4 Å². The Bertz CT molecular complexity index is 1740. The van der Waals surface area contributed by atoms with E-state index in [1.165, 1.54) is 6.92 Å². The highest BCUT2D eigenvalue weighted by Gasteiger charge is 2.60. The molecule has 2 fully saturated rings. The minimum atomic E-state index is -2.80. The van der Waals surface area contributed by atoms with Gasteiger partial charge in [0.25, 0.3) is 0 Å². The third-order valence-corrected chi connectivity index (χ3v) is 11.7. The molecule has 3 unspecified atom stereocenters. The summed E-state index contributed by atoms with van der Waals surface area (Å²) in [6.07, 6.45) is -3.54. The van der Waals surface area contributed by atoms with Crippen LogP contribution in [-0.4, -0.2) is 167 Å². The maximum absolute atomic E-state index is 15.1. The van der Waals surface area contributed by atoms with Crippen molar-refractivity contribution < 1.29 is 63.2 Å². The second-order valence-corrected chi connectivity index (χ2v) is 16.5. The van der Waals surface area contributed by atoms with Gasteiger partial charge in [0.2, 0.25) is 47.1 Å². The number of hydrogen-bond acceptors (Lipinski definition) is 18. The number of nitrogens with one attached hydrogen (secondary N) is 7. The molecule has 2 heterocycles. The normalized spacial score (nSPS) is 27.9. The number of allylic oxidation sites excluding steroid dienone is 1. The van der Waals surface area contributed by atoms with Crippen LogP contribution in [0.15, 0.2) is 23.9 Å². The van der Waals surface area contributed by atoms with E-state index >= 15 is 4.79 Å². The van der Waals surface area contributed by atoms with Crippen molar-refractivity contribution >= 4 is 65.2 Å². The van der Waals surface area contributed by atoms with Gasteiger partial charge in [-0.2, -0.15) is 0 Å². The van der Waals surface area contributed by atoms with Gasteiger partial charge in [-0.1, -0.05) is 47.3 Å². The summed E-state index contributed by atoms with van der Waals surface area (Å²) in [6, 6.07) is -6.39. The van der Waals surface area contributed by atoms with Gasteiger partial charge in [-0.15, -0.1) is 11.8 Å². The number of carbonyl (C=O) groups excluding carboxylic acids is 9. The van der Waals surface area contributed by atoms with Crippen LogP contribution in [0.1, 0.15) is 53.4 Å². The fraction of sp³-hybridized carbons (Fsp3) is 0.658. The van der Waals surface area contributed by atoms with Crippen molar-refractivity contribution in [3.8, 4) is 0 Å². The number of Topliss-reactive ketones (excluding diaryl/α,β-unsaturated/α-hetero) is 1. The Labute approximate surface area is 369 Å². The molecule has 10 atom stereocenters. The zero-order valence-electron chi connectivity index (χ0n) is 35.9. The number of ketones is 1. The topological polar surface area (TPSA) is 389 Å². The van der Waals surface area contributed by atoms with Crippen LogP contribution in [-0.2, 0) is 47.9 Å². The summed E-state index contributed by atoms with van der Waals surface area (Å²) in [5.41, 5.74) is 13.0. The Kier molecular flexibility index (Phi) is 21.2. The van der Waals surface area contributed by atoms with Crippen LogP contribution in [0.25, 0.3) is 0 Å². The molecule has 0 bridgehead atoms. The number of hydrogen-bond donors (Lipinski definition) is 13.